The van der Waals surface area contributed by atoms with Crippen LogP contribution in [0.5, 0.6) is 5.75 Å². The van der Waals surface area contributed by atoms with Crippen molar-refractivity contribution < 1.29 is 4.74 Å². The van der Waals surface area contributed by atoms with Crippen LogP contribution in [-0.2, 0) is 6.42 Å². The van der Waals surface area contributed by atoms with Crippen molar-refractivity contribution in [3.05, 3.63) is 57.6 Å². The number of benzene rings is 2. The summed E-state index contributed by atoms with van der Waals surface area (Å²) in [5.41, 5.74) is 4.99. The fourth-order valence-corrected chi connectivity index (χ4v) is 3.54. The number of fused-ring (bicyclic) bond motifs is 1. The number of nitrogens with one attached hydrogen (secondary N) is 1. The smallest absolute Gasteiger partial charge is 0.123 e. The minimum atomic E-state index is 0.208. The fourth-order valence-electron chi connectivity index (χ4n) is 2.72. The number of hydrogen-bond acceptors (Lipinski definition) is 2. The second-order valence-corrected chi connectivity index (χ2v) is 6.23. The van der Waals surface area contributed by atoms with Gasteiger partial charge in [0.25, 0.3) is 0 Å². The Balaban J connectivity index is 1.67. The van der Waals surface area contributed by atoms with E-state index < -0.39 is 0 Å². The predicted octanol–water partition coefficient (Wildman–Crippen LogP) is 4.48. The quantitative estimate of drug-likeness (QED) is 0.895. The second-order valence-electron chi connectivity index (χ2n) is 5.37. The SMILES string of the molecule is Cc1cc(C)c(NCC2Cc3ccccc3O2)c(Br)c1. The van der Waals surface area contributed by atoms with Crippen LogP contribution >= 0.6 is 15.9 Å². The van der Waals surface area contributed by atoms with E-state index in [4.69, 9.17) is 4.74 Å². The van der Waals surface area contributed by atoms with Gasteiger partial charge >= 0.3 is 0 Å². The van der Waals surface area contributed by atoms with Gasteiger partial charge in [-0.15, -0.1) is 0 Å². The maximum Gasteiger partial charge on any atom is 0.123 e. The van der Waals surface area contributed by atoms with E-state index in [9.17, 15) is 0 Å². The lowest BCUT2D eigenvalue weighted by atomic mass is 10.1. The van der Waals surface area contributed by atoms with Gasteiger partial charge in [-0.25, -0.2) is 0 Å². The van der Waals surface area contributed by atoms with Crippen molar-refractivity contribution in [1.82, 2.24) is 0 Å². The van der Waals surface area contributed by atoms with Crippen molar-refractivity contribution in [1.29, 1.82) is 0 Å². The summed E-state index contributed by atoms with van der Waals surface area (Å²) >= 11 is 3.63. The summed E-state index contributed by atoms with van der Waals surface area (Å²) in [6.45, 7) is 5.06. The Kier molecular flexibility index (Phi) is 3.70. The maximum atomic E-state index is 5.95. The molecule has 2 aromatic rings. The van der Waals surface area contributed by atoms with Gasteiger partial charge in [0.2, 0.25) is 0 Å². The van der Waals surface area contributed by atoms with Gasteiger partial charge in [-0.3, -0.25) is 0 Å². The van der Waals surface area contributed by atoms with Gasteiger partial charge < -0.3 is 10.1 Å². The minimum Gasteiger partial charge on any atom is -0.488 e. The van der Waals surface area contributed by atoms with Gasteiger partial charge in [0.1, 0.15) is 11.9 Å². The van der Waals surface area contributed by atoms with Gasteiger partial charge in [-0.1, -0.05) is 24.3 Å². The van der Waals surface area contributed by atoms with E-state index in [-0.39, 0.29) is 6.10 Å². The lowest BCUT2D eigenvalue weighted by molar-refractivity contribution is 0.246. The Morgan fingerprint density at radius 3 is 2.80 bits per heavy atom. The molecule has 3 rings (SSSR count). The number of hydrogen-bond donors (Lipinski definition) is 1. The highest BCUT2D eigenvalue weighted by Crippen LogP contribution is 2.30. The number of ether oxygens (including phenoxy) is 1. The molecule has 0 aliphatic carbocycles. The number of rotatable bonds is 3. The normalized spacial score (nSPS) is 16.6. The first kappa shape index (κ1) is 13.5. The molecule has 2 aromatic carbocycles. The molecule has 0 fully saturated rings. The summed E-state index contributed by atoms with van der Waals surface area (Å²) in [4.78, 5) is 0. The third-order valence-corrected chi connectivity index (χ3v) is 4.28. The number of anilines is 1. The van der Waals surface area contributed by atoms with Crippen LogP contribution in [0.25, 0.3) is 0 Å². The second kappa shape index (κ2) is 5.49. The Morgan fingerprint density at radius 2 is 2.05 bits per heavy atom. The molecule has 1 N–H and O–H groups in total. The number of aryl methyl sites for hydroxylation is 2. The maximum absolute atomic E-state index is 5.95. The van der Waals surface area contributed by atoms with E-state index in [1.54, 1.807) is 0 Å². The molecule has 104 valence electrons. The highest BCUT2D eigenvalue weighted by Gasteiger charge is 2.22. The van der Waals surface area contributed by atoms with Gasteiger partial charge in [-0.05, 0) is 58.6 Å². The van der Waals surface area contributed by atoms with E-state index in [2.05, 4.69) is 59.4 Å². The summed E-state index contributed by atoms with van der Waals surface area (Å²) < 4.78 is 7.07. The van der Waals surface area contributed by atoms with Crippen LogP contribution in [0.15, 0.2) is 40.9 Å². The van der Waals surface area contributed by atoms with Crippen molar-refractivity contribution >= 4 is 21.6 Å². The first-order valence-electron chi connectivity index (χ1n) is 6.88. The zero-order chi connectivity index (χ0) is 14.1. The molecule has 1 atom stereocenters. The lowest BCUT2D eigenvalue weighted by Crippen LogP contribution is -2.24. The zero-order valence-electron chi connectivity index (χ0n) is 11.7. The van der Waals surface area contributed by atoms with E-state index in [0.717, 1.165) is 28.9 Å². The Hall–Kier alpha value is -1.48. The molecule has 3 heteroatoms. The molecule has 1 aliphatic heterocycles. The molecule has 1 aliphatic rings. The van der Waals surface area contributed by atoms with Crippen LogP contribution in [0.3, 0.4) is 0 Å². The van der Waals surface area contributed by atoms with Gasteiger partial charge in [0.15, 0.2) is 0 Å². The number of para-hydroxylation sites is 1. The molecule has 0 bridgehead atoms. The highest BCUT2D eigenvalue weighted by molar-refractivity contribution is 9.10. The molecule has 2 nitrogen and oxygen atoms in total. The largest absolute Gasteiger partial charge is 0.488 e. The van der Waals surface area contributed by atoms with E-state index >= 15 is 0 Å². The van der Waals surface area contributed by atoms with Crippen LogP contribution in [-0.4, -0.2) is 12.6 Å². The molecule has 0 saturated carbocycles. The standard InChI is InChI=1S/C17H18BrNO/c1-11-7-12(2)17(15(18)8-11)19-10-14-9-13-5-3-4-6-16(13)20-14/h3-8,14,19H,9-10H2,1-2H3. The molecular formula is C17H18BrNO. The average molecular weight is 332 g/mol. The first-order valence-corrected chi connectivity index (χ1v) is 7.68. The van der Waals surface area contributed by atoms with E-state index in [1.165, 1.54) is 16.7 Å². The molecule has 0 aromatic heterocycles. The van der Waals surface area contributed by atoms with Crippen molar-refractivity contribution in [3.63, 3.8) is 0 Å². The number of halogens is 1. The van der Waals surface area contributed by atoms with E-state index in [0.29, 0.717) is 0 Å². The van der Waals surface area contributed by atoms with E-state index in [1.807, 2.05) is 12.1 Å². The highest BCUT2D eigenvalue weighted by atomic mass is 79.9. The zero-order valence-corrected chi connectivity index (χ0v) is 13.3. The van der Waals surface area contributed by atoms with Crippen LogP contribution in [0, 0.1) is 13.8 Å². The van der Waals surface area contributed by atoms with Crippen LogP contribution < -0.4 is 10.1 Å². The first-order chi connectivity index (χ1) is 9.63. The van der Waals surface area contributed by atoms with Crippen molar-refractivity contribution in [3.8, 4) is 5.75 Å². The van der Waals surface area contributed by atoms with Crippen LogP contribution in [0.2, 0.25) is 0 Å². The fraction of sp³-hybridized carbons (Fsp3) is 0.294. The summed E-state index contributed by atoms with van der Waals surface area (Å²) in [7, 11) is 0. The summed E-state index contributed by atoms with van der Waals surface area (Å²) in [6, 6.07) is 12.6. The molecule has 20 heavy (non-hydrogen) atoms. The predicted molar refractivity (Wildman–Crippen MR) is 86.7 cm³/mol. The van der Waals surface area contributed by atoms with Crippen LogP contribution in [0.1, 0.15) is 16.7 Å². The summed E-state index contributed by atoms with van der Waals surface area (Å²) in [5.74, 6) is 1.03. The topological polar surface area (TPSA) is 21.3 Å². The monoisotopic (exact) mass is 331 g/mol. The Bertz CT molecular complexity index is 591. The molecule has 1 unspecified atom stereocenters. The third kappa shape index (κ3) is 2.68. The molecular weight excluding hydrogens is 314 g/mol. The van der Waals surface area contributed by atoms with Gasteiger partial charge in [-0.2, -0.15) is 0 Å². The molecule has 1 heterocycles. The lowest BCUT2D eigenvalue weighted by Gasteiger charge is -2.16. The summed E-state index contributed by atoms with van der Waals surface area (Å²) in [5, 5.41) is 3.51. The minimum absolute atomic E-state index is 0.208. The van der Waals surface area contributed by atoms with Crippen molar-refractivity contribution in [2.75, 3.05) is 11.9 Å². The molecule has 0 radical (unpaired) electrons. The molecule has 0 saturated heterocycles. The third-order valence-electron chi connectivity index (χ3n) is 3.65. The Labute approximate surface area is 128 Å². The molecule has 0 amide bonds. The van der Waals surface area contributed by atoms with Crippen molar-refractivity contribution in [2.45, 2.75) is 26.4 Å². The summed E-state index contributed by atoms with van der Waals surface area (Å²) in [6.07, 6.45) is 1.19. The average Bonchev–Trinajstić information content (AvgIpc) is 2.80. The molecule has 0 spiro atoms. The van der Waals surface area contributed by atoms with Crippen molar-refractivity contribution in [2.24, 2.45) is 0 Å². The Morgan fingerprint density at radius 1 is 1.25 bits per heavy atom. The van der Waals surface area contributed by atoms with Crippen LogP contribution in [0.4, 0.5) is 5.69 Å². The van der Waals surface area contributed by atoms with Gasteiger partial charge in [0, 0.05) is 10.9 Å². The van der Waals surface area contributed by atoms with Gasteiger partial charge in [0.05, 0.1) is 12.2 Å².